The molecule has 1 fully saturated rings. The fraction of sp³-hybridized carbons (Fsp3) is 0.600. The first-order valence-corrected chi connectivity index (χ1v) is 8.74. The molecule has 0 amide bonds. The monoisotopic (exact) mass is 300 g/mol. The maximum Gasteiger partial charge on any atom is 0.0190 e. The van der Waals surface area contributed by atoms with Crippen LogP contribution < -0.4 is 0 Å². The van der Waals surface area contributed by atoms with Crippen LogP contribution in [0.5, 0.6) is 0 Å². The third-order valence-corrected chi connectivity index (χ3v) is 4.88. The van der Waals surface area contributed by atoms with Gasteiger partial charge in [-0.05, 0) is 64.7 Å². The van der Waals surface area contributed by atoms with Gasteiger partial charge in [-0.3, -0.25) is 4.90 Å². The zero-order chi connectivity index (χ0) is 15.8. The zero-order valence-corrected chi connectivity index (χ0v) is 14.6. The van der Waals surface area contributed by atoms with Crippen molar-refractivity contribution in [3.63, 3.8) is 0 Å². The quantitative estimate of drug-likeness (QED) is 0.706. The summed E-state index contributed by atoms with van der Waals surface area (Å²) in [5, 5.41) is 0. The lowest BCUT2D eigenvalue weighted by atomic mass is 9.96. The Bertz CT molecular complexity index is 444. The molecule has 1 aliphatic rings. The smallest absolute Gasteiger partial charge is 0.0190 e. The lowest BCUT2D eigenvalue weighted by Gasteiger charge is -2.33. The average Bonchev–Trinajstić information content (AvgIpc) is 2.55. The lowest BCUT2D eigenvalue weighted by Crippen LogP contribution is -2.38. The van der Waals surface area contributed by atoms with Gasteiger partial charge in [0.2, 0.25) is 0 Å². The highest BCUT2D eigenvalue weighted by atomic mass is 15.1. The van der Waals surface area contributed by atoms with Gasteiger partial charge in [0, 0.05) is 19.6 Å². The van der Waals surface area contributed by atoms with Gasteiger partial charge in [0.1, 0.15) is 0 Å². The van der Waals surface area contributed by atoms with Crippen LogP contribution >= 0.6 is 0 Å². The van der Waals surface area contributed by atoms with E-state index >= 15 is 0 Å². The summed E-state index contributed by atoms with van der Waals surface area (Å²) in [5.74, 6) is 0.872. The van der Waals surface area contributed by atoms with E-state index in [0.29, 0.717) is 0 Å². The Morgan fingerprint density at radius 1 is 1.23 bits per heavy atom. The molecule has 1 heterocycles. The van der Waals surface area contributed by atoms with Crippen LogP contribution in [0, 0.1) is 5.92 Å². The first-order chi connectivity index (χ1) is 10.7. The van der Waals surface area contributed by atoms with E-state index in [9.17, 15) is 0 Å². The van der Waals surface area contributed by atoms with Crippen LogP contribution in [0.2, 0.25) is 0 Å². The highest BCUT2D eigenvalue weighted by Gasteiger charge is 2.19. The van der Waals surface area contributed by atoms with E-state index in [0.717, 1.165) is 18.9 Å². The third kappa shape index (κ3) is 5.94. The van der Waals surface area contributed by atoms with Gasteiger partial charge >= 0.3 is 0 Å². The molecule has 1 aromatic rings. The summed E-state index contributed by atoms with van der Waals surface area (Å²) >= 11 is 0. The number of hydrogen-bond acceptors (Lipinski definition) is 2. The molecule has 2 rings (SSSR count). The van der Waals surface area contributed by atoms with E-state index in [1.165, 1.54) is 50.2 Å². The number of hydrogen-bond donors (Lipinski definition) is 0. The van der Waals surface area contributed by atoms with Gasteiger partial charge in [0.15, 0.2) is 0 Å². The second kappa shape index (κ2) is 9.12. The number of benzene rings is 1. The van der Waals surface area contributed by atoms with E-state index in [-0.39, 0.29) is 0 Å². The van der Waals surface area contributed by atoms with Crippen LogP contribution in [0.1, 0.15) is 32.3 Å². The summed E-state index contributed by atoms with van der Waals surface area (Å²) < 4.78 is 0. The molecule has 0 radical (unpaired) electrons. The molecule has 22 heavy (non-hydrogen) atoms. The Morgan fingerprint density at radius 3 is 2.55 bits per heavy atom. The molecule has 2 heteroatoms. The fourth-order valence-corrected chi connectivity index (χ4v) is 3.22. The Morgan fingerprint density at radius 2 is 1.91 bits per heavy atom. The SMILES string of the molecule is C/C=C(\C)CN(CCc1ccccc1)CC1CCN(C)CC1. The minimum atomic E-state index is 0.872. The van der Waals surface area contributed by atoms with Gasteiger partial charge in [-0.2, -0.15) is 0 Å². The highest BCUT2D eigenvalue weighted by molar-refractivity contribution is 5.15. The van der Waals surface area contributed by atoms with Crippen LogP contribution in [-0.4, -0.2) is 49.6 Å². The maximum absolute atomic E-state index is 2.66. The molecule has 0 atom stereocenters. The molecular weight excluding hydrogens is 268 g/mol. The van der Waals surface area contributed by atoms with E-state index < -0.39 is 0 Å². The molecule has 0 N–H and O–H groups in total. The second-order valence-electron chi connectivity index (χ2n) is 6.85. The minimum Gasteiger partial charge on any atom is -0.306 e. The van der Waals surface area contributed by atoms with Crippen molar-refractivity contribution in [3.8, 4) is 0 Å². The third-order valence-electron chi connectivity index (χ3n) is 4.88. The highest BCUT2D eigenvalue weighted by Crippen LogP contribution is 2.18. The van der Waals surface area contributed by atoms with E-state index in [4.69, 9.17) is 0 Å². The van der Waals surface area contributed by atoms with Crippen molar-refractivity contribution in [1.29, 1.82) is 0 Å². The van der Waals surface area contributed by atoms with Gasteiger partial charge in [0.05, 0.1) is 0 Å². The predicted molar refractivity (Wildman–Crippen MR) is 96.2 cm³/mol. The van der Waals surface area contributed by atoms with E-state index in [1.807, 2.05) is 0 Å². The van der Waals surface area contributed by atoms with Crippen LogP contribution in [0.15, 0.2) is 42.0 Å². The van der Waals surface area contributed by atoms with Gasteiger partial charge in [-0.1, -0.05) is 42.0 Å². The van der Waals surface area contributed by atoms with Crippen LogP contribution in [0.25, 0.3) is 0 Å². The molecule has 0 aliphatic carbocycles. The minimum absolute atomic E-state index is 0.872. The first-order valence-electron chi connectivity index (χ1n) is 8.74. The van der Waals surface area contributed by atoms with Gasteiger partial charge < -0.3 is 4.90 Å². The van der Waals surface area contributed by atoms with Crippen LogP contribution in [-0.2, 0) is 6.42 Å². The Balaban J connectivity index is 1.87. The van der Waals surface area contributed by atoms with Gasteiger partial charge in [0.25, 0.3) is 0 Å². The largest absolute Gasteiger partial charge is 0.306 e. The Labute approximate surface area is 136 Å². The molecule has 0 aromatic heterocycles. The van der Waals surface area contributed by atoms with Gasteiger partial charge in [-0.25, -0.2) is 0 Å². The summed E-state index contributed by atoms with van der Waals surface area (Å²) in [6.07, 6.45) is 6.12. The number of likely N-dealkylation sites (tertiary alicyclic amines) is 1. The number of piperidine rings is 1. The molecule has 0 spiro atoms. The molecule has 1 aromatic carbocycles. The van der Waals surface area contributed by atoms with Crippen molar-refractivity contribution in [2.75, 3.05) is 39.8 Å². The summed E-state index contributed by atoms with van der Waals surface area (Å²) in [6.45, 7) is 10.5. The standard InChI is InChI=1S/C20H32N2/c1-4-18(2)16-22(15-12-19-8-6-5-7-9-19)17-20-10-13-21(3)14-11-20/h4-9,20H,10-17H2,1-3H3/b18-4+. The first kappa shape index (κ1) is 17.2. The van der Waals surface area contributed by atoms with Crippen molar-refractivity contribution < 1.29 is 0 Å². The van der Waals surface area contributed by atoms with E-state index in [2.05, 4.69) is 67.1 Å². The summed E-state index contributed by atoms with van der Waals surface area (Å²) in [6, 6.07) is 10.9. The molecule has 1 saturated heterocycles. The molecule has 0 unspecified atom stereocenters. The normalized spacial score (nSPS) is 18.1. The number of nitrogens with zero attached hydrogens (tertiary/aromatic N) is 2. The fourth-order valence-electron chi connectivity index (χ4n) is 3.22. The summed E-state index contributed by atoms with van der Waals surface area (Å²) in [4.78, 5) is 5.13. The van der Waals surface area contributed by atoms with Crippen molar-refractivity contribution in [2.45, 2.75) is 33.1 Å². The van der Waals surface area contributed by atoms with Crippen molar-refractivity contribution in [3.05, 3.63) is 47.5 Å². The topological polar surface area (TPSA) is 6.48 Å². The predicted octanol–water partition coefficient (Wildman–Crippen LogP) is 3.84. The number of allylic oxidation sites excluding steroid dienone is 1. The molecule has 2 nitrogen and oxygen atoms in total. The van der Waals surface area contributed by atoms with Gasteiger partial charge in [-0.15, -0.1) is 0 Å². The maximum atomic E-state index is 2.66. The summed E-state index contributed by atoms with van der Waals surface area (Å²) in [7, 11) is 2.24. The molecule has 0 bridgehead atoms. The molecular formula is C20H32N2. The van der Waals surface area contributed by atoms with Crippen LogP contribution in [0.4, 0.5) is 0 Å². The molecule has 122 valence electrons. The molecule has 1 aliphatic heterocycles. The Hall–Kier alpha value is -1.12. The lowest BCUT2D eigenvalue weighted by molar-refractivity contribution is 0.167. The zero-order valence-electron chi connectivity index (χ0n) is 14.6. The number of rotatable bonds is 7. The van der Waals surface area contributed by atoms with E-state index in [1.54, 1.807) is 0 Å². The average molecular weight is 300 g/mol. The molecule has 0 saturated carbocycles. The second-order valence-corrected chi connectivity index (χ2v) is 6.85. The van der Waals surface area contributed by atoms with Crippen molar-refractivity contribution in [1.82, 2.24) is 9.80 Å². The van der Waals surface area contributed by atoms with Crippen molar-refractivity contribution in [2.24, 2.45) is 5.92 Å². The Kier molecular flexibility index (Phi) is 7.14. The van der Waals surface area contributed by atoms with Crippen LogP contribution in [0.3, 0.4) is 0 Å². The van der Waals surface area contributed by atoms with Crippen molar-refractivity contribution >= 4 is 0 Å². The summed E-state index contributed by atoms with van der Waals surface area (Å²) in [5.41, 5.74) is 2.94.